The molecule has 0 aliphatic rings. The number of carboxylic acid groups (broad SMARTS) is 1. The van der Waals surface area contributed by atoms with Crippen molar-refractivity contribution in [3.63, 3.8) is 0 Å². The second-order valence-corrected chi connectivity index (χ2v) is 6.14. The molecule has 20 heavy (non-hydrogen) atoms. The fraction of sp³-hybridized carbons (Fsp3) is 0.438. The van der Waals surface area contributed by atoms with Crippen LogP contribution >= 0.6 is 0 Å². The van der Waals surface area contributed by atoms with Crippen molar-refractivity contribution in [2.45, 2.75) is 39.0 Å². The molecule has 0 atom stereocenters. The Morgan fingerprint density at radius 1 is 1.30 bits per heavy atom. The first-order chi connectivity index (χ1) is 9.34. The number of nitrogens with one attached hydrogen (secondary N) is 1. The highest BCUT2D eigenvalue weighted by Gasteiger charge is 2.20. The van der Waals surface area contributed by atoms with Crippen molar-refractivity contribution in [1.29, 1.82) is 0 Å². The Morgan fingerprint density at radius 3 is 2.55 bits per heavy atom. The molecular weight excluding hydrogens is 254 g/mol. The zero-order valence-corrected chi connectivity index (χ0v) is 12.2. The van der Waals surface area contributed by atoms with E-state index < -0.39 is 5.97 Å². The smallest absolute Gasteiger partial charge is 0.337 e. The maximum absolute atomic E-state index is 11.5. The van der Waals surface area contributed by atoms with Gasteiger partial charge in [0, 0.05) is 18.2 Å². The van der Waals surface area contributed by atoms with E-state index in [0.717, 1.165) is 22.9 Å². The lowest BCUT2D eigenvalue weighted by atomic mass is 9.85. The molecule has 0 fully saturated rings. The number of benzene rings is 1. The third kappa shape index (κ3) is 2.70. The van der Waals surface area contributed by atoms with Crippen LogP contribution in [0.15, 0.2) is 18.3 Å². The van der Waals surface area contributed by atoms with Crippen LogP contribution < -0.4 is 0 Å². The number of aliphatic hydroxyl groups is 1. The Labute approximate surface area is 118 Å². The van der Waals surface area contributed by atoms with Crippen molar-refractivity contribution in [3.05, 3.63) is 35.0 Å². The van der Waals surface area contributed by atoms with Gasteiger partial charge in [0.25, 0.3) is 0 Å². The van der Waals surface area contributed by atoms with Crippen molar-refractivity contribution >= 4 is 16.9 Å². The number of aliphatic hydroxyl groups excluding tert-OH is 1. The third-order valence-corrected chi connectivity index (χ3v) is 3.58. The summed E-state index contributed by atoms with van der Waals surface area (Å²) in [6, 6.07) is 3.81. The van der Waals surface area contributed by atoms with Crippen molar-refractivity contribution in [1.82, 2.24) is 4.98 Å². The standard InChI is InChI=1S/C16H21NO3/c1-16(2,3)11-7-12-10(5-4-6-18)9-17-14(12)13(8-11)15(19)20/h7-9,17-18H,4-6H2,1-3H3,(H,19,20). The Morgan fingerprint density at radius 2 is 2.00 bits per heavy atom. The van der Waals surface area contributed by atoms with Crippen LogP contribution in [-0.2, 0) is 11.8 Å². The van der Waals surface area contributed by atoms with Gasteiger partial charge in [0.1, 0.15) is 0 Å². The molecule has 0 saturated carbocycles. The average molecular weight is 275 g/mol. The Hall–Kier alpha value is -1.81. The van der Waals surface area contributed by atoms with Crippen LogP contribution in [0.2, 0.25) is 0 Å². The van der Waals surface area contributed by atoms with Crippen LogP contribution in [0.1, 0.15) is 48.7 Å². The molecule has 0 saturated heterocycles. The van der Waals surface area contributed by atoms with Crippen molar-refractivity contribution in [3.8, 4) is 0 Å². The monoisotopic (exact) mass is 275 g/mol. The molecule has 0 amide bonds. The van der Waals surface area contributed by atoms with Crippen molar-refractivity contribution in [2.24, 2.45) is 0 Å². The molecule has 0 radical (unpaired) electrons. The quantitative estimate of drug-likeness (QED) is 0.802. The van der Waals surface area contributed by atoms with E-state index in [4.69, 9.17) is 5.11 Å². The van der Waals surface area contributed by atoms with Crippen LogP contribution in [0.3, 0.4) is 0 Å². The zero-order valence-electron chi connectivity index (χ0n) is 12.2. The number of carbonyl (C=O) groups is 1. The van der Waals surface area contributed by atoms with E-state index in [1.807, 2.05) is 6.20 Å². The third-order valence-electron chi connectivity index (χ3n) is 3.58. The van der Waals surface area contributed by atoms with Gasteiger partial charge in [0.15, 0.2) is 0 Å². The van der Waals surface area contributed by atoms with Crippen LogP contribution in [0, 0.1) is 0 Å². The van der Waals surface area contributed by atoms with Gasteiger partial charge in [-0.25, -0.2) is 4.79 Å². The number of rotatable bonds is 4. The summed E-state index contributed by atoms with van der Waals surface area (Å²) in [5, 5.41) is 19.3. The summed E-state index contributed by atoms with van der Waals surface area (Å²) in [4.78, 5) is 14.5. The molecular formula is C16H21NO3. The van der Waals surface area contributed by atoms with E-state index in [0.29, 0.717) is 17.5 Å². The minimum Gasteiger partial charge on any atom is -0.478 e. The summed E-state index contributed by atoms with van der Waals surface area (Å²) < 4.78 is 0. The van der Waals surface area contributed by atoms with E-state index in [2.05, 4.69) is 31.8 Å². The maximum Gasteiger partial charge on any atom is 0.337 e. The Balaban J connectivity index is 2.65. The number of aryl methyl sites for hydroxylation is 1. The fourth-order valence-corrected chi connectivity index (χ4v) is 2.37. The number of fused-ring (bicyclic) bond motifs is 1. The fourth-order valence-electron chi connectivity index (χ4n) is 2.37. The van der Waals surface area contributed by atoms with E-state index in [9.17, 15) is 9.90 Å². The number of carboxylic acids is 1. The lowest BCUT2D eigenvalue weighted by Crippen LogP contribution is -2.12. The first-order valence-electron chi connectivity index (χ1n) is 6.83. The topological polar surface area (TPSA) is 73.3 Å². The largest absolute Gasteiger partial charge is 0.478 e. The predicted octanol–water partition coefficient (Wildman–Crippen LogP) is 3.09. The molecule has 0 aliphatic heterocycles. The van der Waals surface area contributed by atoms with E-state index in [1.165, 1.54) is 0 Å². The van der Waals surface area contributed by atoms with Gasteiger partial charge in [-0.1, -0.05) is 20.8 Å². The van der Waals surface area contributed by atoms with Gasteiger partial charge in [-0.2, -0.15) is 0 Å². The van der Waals surface area contributed by atoms with Gasteiger partial charge < -0.3 is 15.2 Å². The van der Waals surface area contributed by atoms with Gasteiger partial charge in [-0.15, -0.1) is 0 Å². The molecule has 0 aliphatic carbocycles. The number of aromatic carboxylic acids is 1. The summed E-state index contributed by atoms with van der Waals surface area (Å²) >= 11 is 0. The van der Waals surface area contributed by atoms with Crippen molar-refractivity contribution < 1.29 is 15.0 Å². The minimum absolute atomic E-state index is 0.107. The van der Waals surface area contributed by atoms with Crippen LogP contribution in [0.25, 0.3) is 10.9 Å². The van der Waals surface area contributed by atoms with Crippen LogP contribution in [0.5, 0.6) is 0 Å². The highest BCUT2D eigenvalue weighted by molar-refractivity contribution is 6.03. The van der Waals surface area contributed by atoms with E-state index in [1.54, 1.807) is 6.07 Å². The number of aromatic nitrogens is 1. The molecule has 3 N–H and O–H groups in total. The zero-order chi connectivity index (χ0) is 14.9. The summed E-state index contributed by atoms with van der Waals surface area (Å²) in [6.07, 6.45) is 3.26. The molecule has 2 rings (SSSR count). The average Bonchev–Trinajstić information content (AvgIpc) is 2.77. The van der Waals surface area contributed by atoms with Gasteiger partial charge in [-0.3, -0.25) is 0 Å². The highest BCUT2D eigenvalue weighted by atomic mass is 16.4. The minimum atomic E-state index is -0.920. The second kappa shape index (κ2) is 5.29. The molecule has 2 aromatic rings. The molecule has 4 nitrogen and oxygen atoms in total. The highest BCUT2D eigenvalue weighted by Crippen LogP contribution is 2.31. The molecule has 1 heterocycles. The summed E-state index contributed by atoms with van der Waals surface area (Å²) in [6.45, 7) is 6.34. The van der Waals surface area contributed by atoms with Gasteiger partial charge in [0.05, 0.1) is 11.1 Å². The van der Waals surface area contributed by atoms with Gasteiger partial charge in [-0.05, 0) is 41.5 Å². The van der Waals surface area contributed by atoms with Crippen LogP contribution in [0.4, 0.5) is 0 Å². The molecule has 1 aromatic carbocycles. The maximum atomic E-state index is 11.5. The number of H-pyrrole nitrogens is 1. The summed E-state index contributed by atoms with van der Waals surface area (Å²) in [7, 11) is 0. The lowest BCUT2D eigenvalue weighted by molar-refractivity contribution is 0.0698. The van der Waals surface area contributed by atoms with E-state index >= 15 is 0 Å². The first-order valence-corrected chi connectivity index (χ1v) is 6.83. The summed E-state index contributed by atoms with van der Waals surface area (Å²) in [5.74, 6) is -0.920. The molecule has 4 heteroatoms. The van der Waals surface area contributed by atoms with Gasteiger partial charge >= 0.3 is 5.97 Å². The molecule has 0 unspecified atom stereocenters. The number of hydrogen-bond donors (Lipinski definition) is 3. The van der Waals surface area contributed by atoms with E-state index in [-0.39, 0.29) is 12.0 Å². The molecule has 0 spiro atoms. The Kier molecular flexibility index (Phi) is 3.86. The second-order valence-electron chi connectivity index (χ2n) is 6.14. The van der Waals surface area contributed by atoms with Crippen LogP contribution in [-0.4, -0.2) is 27.8 Å². The molecule has 108 valence electrons. The number of aromatic amines is 1. The number of hydrogen-bond acceptors (Lipinski definition) is 2. The predicted molar refractivity (Wildman–Crippen MR) is 79.4 cm³/mol. The van der Waals surface area contributed by atoms with Gasteiger partial charge in [0.2, 0.25) is 0 Å². The lowest BCUT2D eigenvalue weighted by Gasteiger charge is -2.20. The first kappa shape index (κ1) is 14.6. The normalized spacial score (nSPS) is 12.0. The SMILES string of the molecule is CC(C)(C)c1cc(C(=O)O)c2[nH]cc(CCCO)c2c1. The molecule has 0 bridgehead atoms. The van der Waals surface area contributed by atoms with Crippen molar-refractivity contribution in [2.75, 3.05) is 6.61 Å². The Bertz CT molecular complexity index is 635. The summed E-state index contributed by atoms with van der Waals surface area (Å²) in [5.41, 5.74) is 2.93. The molecule has 1 aromatic heterocycles.